The standard InChI is InChI=1S/C14H18O3/c1-2-17-14(15)12-16-11-7-6-10-13-8-4-3-5-9-13/h3-6,8-10H,2,7,11-12H2,1H3/b10-6+. The van der Waals surface area contributed by atoms with Crippen LogP contribution in [0.4, 0.5) is 0 Å². The van der Waals surface area contributed by atoms with E-state index in [0.717, 1.165) is 12.0 Å². The van der Waals surface area contributed by atoms with E-state index in [2.05, 4.69) is 0 Å². The lowest BCUT2D eigenvalue weighted by Gasteiger charge is -2.01. The lowest BCUT2D eigenvalue weighted by molar-refractivity contribution is -0.148. The van der Waals surface area contributed by atoms with E-state index in [0.29, 0.717) is 13.2 Å². The first kappa shape index (κ1) is 13.5. The van der Waals surface area contributed by atoms with Crippen LogP contribution in [0, 0.1) is 0 Å². The molecule has 0 atom stereocenters. The van der Waals surface area contributed by atoms with Gasteiger partial charge in [-0.05, 0) is 18.9 Å². The summed E-state index contributed by atoms with van der Waals surface area (Å²) in [5.41, 5.74) is 1.16. The number of benzene rings is 1. The van der Waals surface area contributed by atoms with Gasteiger partial charge in [-0.3, -0.25) is 0 Å². The van der Waals surface area contributed by atoms with E-state index >= 15 is 0 Å². The molecule has 0 amide bonds. The Morgan fingerprint density at radius 2 is 2.06 bits per heavy atom. The second-order valence-corrected chi connectivity index (χ2v) is 3.46. The molecule has 0 aliphatic heterocycles. The van der Waals surface area contributed by atoms with E-state index in [1.807, 2.05) is 42.5 Å². The third kappa shape index (κ3) is 6.53. The number of esters is 1. The third-order valence-electron chi connectivity index (χ3n) is 2.06. The molecule has 0 aliphatic rings. The summed E-state index contributed by atoms with van der Waals surface area (Å²) in [4.78, 5) is 10.9. The maximum absolute atomic E-state index is 10.9. The zero-order valence-electron chi connectivity index (χ0n) is 10.1. The molecule has 0 saturated carbocycles. The Morgan fingerprint density at radius 1 is 1.29 bits per heavy atom. The zero-order chi connectivity index (χ0) is 12.3. The molecule has 1 aromatic carbocycles. The molecule has 92 valence electrons. The Morgan fingerprint density at radius 3 is 2.76 bits per heavy atom. The van der Waals surface area contributed by atoms with Crippen LogP contribution in [0.2, 0.25) is 0 Å². The Labute approximate surface area is 102 Å². The summed E-state index contributed by atoms with van der Waals surface area (Å²) in [6.45, 7) is 2.74. The maximum atomic E-state index is 10.9. The SMILES string of the molecule is CCOC(=O)COCC/C=C/c1ccccc1. The van der Waals surface area contributed by atoms with Crippen molar-refractivity contribution in [2.75, 3.05) is 19.8 Å². The van der Waals surface area contributed by atoms with E-state index < -0.39 is 0 Å². The Hall–Kier alpha value is -1.61. The predicted octanol–water partition coefficient (Wildman–Crippen LogP) is 2.67. The van der Waals surface area contributed by atoms with Crippen LogP contribution in [0.3, 0.4) is 0 Å². The molecule has 0 heterocycles. The molecule has 0 aromatic heterocycles. The van der Waals surface area contributed by atoms with E-state index in [1.54, 1.807) is 6.92 Å². The molecule has 0 saturated heterocycles. The molecule has 1 rings (SSSR count). The molecule has 0 aliphatic carbocycles. The topological polar surface area (TPSA) is 35.5 Å². The molecule has 17 heavy (non-hydrogen) atoms. The first-order valence-electron chi connectivity index (χ1n) is 5.78. The third-order valence-corrected chi connectivity index (χ3v) is 2.06. The molecule has 3 nitrogen and oxygen atoms in total. The van der Waals surface area contributed by atoms with Crippen LogP contribution in [-0.4, -0.2) is 25.8 Å². The van der Waals surface area contributed by atoms with Crippen LogP contribution in [0.15, 0.2) is 36.4 Å². The lowest BCUT2D eigenvalue weighted by Crippen LogP contribution is -2.12. The predicted molar refractivity (Wildman–Crippen MR) is 67.5 cm³/mol. The minimum Gasteiger partial charge on any atom is -0.464 e. The average Bonchev–Trinajstić information content (AvgIpc) is 2.35. The molecule has 0 radical (unpaired) electrons. The Kier molecular flexibility index (Phi) is 6.75. The fraction of sp³-hybridized carbons (Fsp3) is 0.357. The smallest absolute Gasteiger partial charge is 0.332 e. The monoisotopic (exact) mass is 234 g/mol. The molecule has 1 aromatic rings. The van der Waals surface area contributed by atoms with Gasteiger partial charge in [-0.2, -0.15) is 0 Å². The van der Waals surface area contributed by atoms with Crippen molar-refractivity contribution in [1.29, 1.82) is 0 Å². The highest BCUT2D eigenvalue weighted by atomic mass is 16.6. The summed E-state index contributed by atoms with van der Waals surface area (Å²) >= 11 is 0. The minimum atomic E-state index is -0.306. The number of hydrogen-bond acceptors (Lipinski definition) is 3. The highest BCUT2D eigenvalue weighted by molar-refractivity contribution is 5.70. The number of carbonyl (C=O) groups is 1. The van der Waals surface area contributed by atoms with Gasteiger partial charge in [0.15, 0.2) is 0 Å². The highest BCUT2D eigenvalue weighted by Gasteiger charge is 1.99. The van der Waals surface area contributed by atoms with Crippen LogP contribution < -0.4 is 0 Å². The van der Waals surface area contributed by atoms with E-state index in [1.165, 1.54) is 0 Å². The quantitative estimate of drug-likeness (QED) is 0.537. The van der Waals surface area contributed by atoms with Gasteiger partial charge in [0.1, 0.15) is 6.61 Å². The number of hydrogen-bond donors (Lipinski definition) is 0. The van der Waals surface area contributed by atoms with Crippen molar-refractivity contribution >= 4 is 12.0 Å². The molecular formula is C14H18O3. The van der Waals surface area contributed by atoms with Crippen molar-refractivity contribution in [3.05, 3.63) is 42.0 Å². The summed E-state index contributed by atoms with van der Waals surface area (Å²) in [6, 6.07) is 10.1. The van der Waals surface area contributed by atoms with Crippen LogP contribution in [-0.2, 0) is 14.3 Å². The van der Waals surface area contributed by atoms with Gasteiger partial charge in [0.05, 0.1) is 13.2 Å². The molecule has 3 heteroatoms. The average molecular weight is 234 g/mol. The molecule has 0 N–H and O–H groups in total. The van der Waals surface area contributed by atoms with E-state index in [4.69, 9.17) is 9.47 Å². The van der Waals surface area contributed by atoms with Crippen molar-refractivity contribution in [1.82, 2.24) is 0 Å². The lowest BCUT2D eigenvalue weighted by atomic mass is 10.2. The summed E-state index contributed by atoms with van der Waals surface area (Å²) < 4.78 is 9.90. The van der Waals surface area contributed by atoms with Crippen molar-refractivity contribution in [3.63, 3.8) is 0 Å². The molecule has 0 spiro atoms. The first-order valence-corrected chi connectivity index (χ1v) is 5.78. The van der Waals surface area contributed by atoms with Crippen LogP contribution in [0.5, 0.6) is 0 Å². The Balaban J connectivity index is 2.08. The zero-order valence-corrected chi connectivity index (χ0v) is 10.1. The molecule has 0 fully saturated rings. The fourth-order valence-electron chi connectivity index (χ4n) is 1.29. The van der Waals surface area contributed by atoms with Gasteiger partial charge < -0.3 is 9.47 Å². The van der Waals surface area contributed by atoms with Crippen LogP contribution in [0.25, 0.3) is 6.08 Å². The van der Waals surface area contributed by atoms with Crippen LogP contribution >= 0.6 is 0 Å². The fourth-order valence-corrected chi connectivity index (χ4v) is 1.29. The van der Waals surface area contributed by atoms with Gasteiger partial charge in [0.2, 0.25) is 0 Å². The number of carbonyl (C=O) groups excluding carboxylic acids is 1. The van der Waals surface area contributed by atoms with Gasteiger partial charge in [-0.15, -0.1) is 0 Å². The van der Waals surface area contributed by atoms with Gasteiger partial charge in [0, 0.05) is 0 Å². The number of ether oxygens (including phenoxy) is 2. The second kappa shape index (κ2) is 8.53. The second-order valence-electron chi connectivity index (χ2n) is 3.46. The van der Waals surface area contributed by atoms with Crippen molar-refractivity contribution in [2.45, 2.75) is 13.3 Å². The van der Waals surface area contributed by atoms with Crippen molar-refractivity contribution in [2.24, 2.45) is 0 Å². The maximum Gasteiger partial charge on any atom is 0.332 e. The van der Waals surface area contributed by atoms with Gasteiger partial charge in [-0.1, -0.05) is 42.5 Å². The normalized spacial score (nSPS) is 10.6. The summed E-state index contributed by atoms with van der Waals surface area (Å²) in [5.74, 6) is -0.306. The summed E-state index contributed by atoms with van der Waals surface area (Å²) in [7, 11) is 0. The molecule has 0 bridgehead atoms. The van der Waals surface area contributed by atoms with Crippen LogP contribution in [0.1, 0.15) is 18.9 Å². The van der Waals surface area contributed by atoms with Gasteiger partial charge in [-0.25, -0.2) is 4.79 Å². The van der Waals surface area contributed by atoms with E-state index in [9.17, 15) is 4.79 Å². The first-order chi connectivity index (χ1) is 8.33. The van der Waals surface area contributed by atoms with Crippen molar-refractivity contribution < 1.29 is 14.3 Å². The molecule has 0 unspecified atom stereocenters. The van der Waals surface area contributed by atoms with Gasteiger partial charge in [0.25, 0.3) is 0 Å². The summed E-state index contributed by atoms with van der Waals surface area (Å²) in [6.07, 6.45) is 4.85. The number of rotatable bonds is 7. The molecular weight excluding hydrogens is 216 g/mol. The minimum absolute atomic E-state index is 0.0347. The Bertz CT molecular complexity index is 344. The van der Waals surface area contributed by atoms with Gasteiger partial charge >= 0.3 is 5.97 Å². The highest BCUT2D eigenvalue weighted by Crippen LogP contribution is 2.01. The largest absolute Gasteiger partial charge is 0.464 e. The van der Waals surface area contributed by atoms with E-state index in [-0.39, 0.29) is 12.6 Å². The summed E-state index contributed by atoms with van der Waals surface area (Å²) in [5, 5.41) is 0. The van der Waals surface area contributed by atoms with Crippen molar-refractivity contribution in [3.8, 4) is 0 Å².